The molecule has 2 aromatic heterocycles. The van der Waals surface area contributed by atoms with E-state index >= 15 is 0 Å². The topological polar surface area (TPSA) is 119 Å². The molecule has 4 rings (SSSR count). The number of aryl methyl sites for hydroxylation is 1. The maximum absolute atomic E-state index is 12.9. The normalized spacial score (nSPS) is 12.5. The first-order chi connectivity index (χ1) is 20.2. The molecule has 2 aromatic carbocycles. The summed E-state index contributed by atoms with van der Waals surface area (Å²) in [5.74, 6) is 1.01. The van der Waals surface area contributed by atoms with Crippen LogP contribution in [-0.2, 0) is 38.4 Å². The van der Waals surface area contributed by atoms with Crippen LogP contribution >= 0.6 is 11.6 Å². The molecule has 10 heteroatoms. The Bertz CT molecular complexity index is 1550. The van der Waals surface area contributed by atoms with Crippen molar-refractivity contribution in [1.29, 1.82) is 0 Å². The number of methoxy groups -OCH3 is 1. The SMILES string of the molecule is CCOC(=O)C(C)(C)Oc1cccc(CC(CCCn2c(CCOC)nc3c(N)nc4ccccc4c32)C(=O)CCl)c1. The van der Waals surface area contributed by atoms with Crippen LogP contribution in [0.2, 0.25) is 0 Å². The van der Waals surface area contributed by atoms with E-state index in [0.717, 1.165) is 34.2 Å². The number of carbonyl (C=O) groups is 2. The van der Waals surface area contributed by atoms with Crippen LogP contribution in [0.5, 0.6) is 5.75 Å². The van der Waals surface area contributed by atoms with Gasteiger partial charge in [-0.05, 0) is 63.8 Å². The largest absolute Gasteiger partial charge is 0.476 e. The molecule has 0 radical (unpaired) electrons. The molecule has 1 atom stereocenters. The number of Topliss-reactive ketones (excluding diaryl/α,β-unsaturated/α-hetero) is 1. The molecule has 2 heterocycles. The monoisotopic (exact) mass is 594 g/mol. The van der Waals surface area contributed by atoms with E-state index in [1.54, 1.807) is 33.9 Å². The van der Waals surface area contributed by atoms with E-state index in [2.05, 4.69) is 9.55 Å². The number of carbonyl (C=O) groups excluding carboxylic acids is 2. The second-order valence-electron chi connectivity index (χ2n) is 10.8. The fourth-order valence-corrected chi connectivity index (χ4v) is 5.39. The number of nitrogen functional groups attached to an aromatic ring is 1. The van der Waals surface area contributed by atoms with Gasteiger partial charge in [-0.25, -0.2) is 14.8 Å². The summed E-state index contributed by atoms with van der Waals surface area (Å²) < 4.78 is 18.6. The molecule has 0 aliphatic carbocycles. The van der Waals surface area contributed by atoms with Crippen molar-refractivity contribution in [3.05, 3.63) is 59.9 Å². The van der Waals surface area contributed by atoms with Gasteiger partial charge in [0.25, 0.3) is 0 Å². The van der Waals surface area contributed by atoms with Crippen LogP contribution in [-0.4, -0.2) is 58.1 Å². The number of benzene rings is 2. The summed E-state index contributed by atoms with van der Waals surface area (Å²) >= 11 is 6.04. The number of hydrogen-bond donors (Lipinski definition) is 1. The summed E-state index contributed by atoms with van der Waals surface area (Å²) in [5.41, 5.74) is 8.54. The zero-order chi connectivity index (χ0) is 30.3. The Morgan fingerprint density at radius 1 is 1.12 bits per heavy atom. The van der Waals surface area contributed by atoms with Crippen LogP contribution < -0.4 is 10.5 Å². The summed E-state index contributed by atoms with van der Waals surface area (Å²) in [6.07, 6.45) is 2.48. The van der Waals surface area contributed by atoms with Crippen molar-refractivity contribution in [3.63, 3.8) is 0 Å². The number of rotatable bonds is 15. The number of imidazole rings is 1. The number of para-hydroxylation sites is 1. The van der Waals surface area contributed by atoms with Gasteiger partial charge >= 0.3 is 5.97 Å². The van der Waals surface area contributed by atoms with Gasteiger partial charge in [-0.2, -0.15) is 0 Å². The number of aromatic nitrogens is 3. The smallest absolute Gasteiger partial charge is 0.349 e. The van der Waals surface area contributed by atoms with Gasteiger partial charge in [0.05, 0.1) is 30.1 Å². The van der Waals surface area contributed by atoms with Gasteiger partial charge in [-0.3, -0.25) is 4.79 Å². The lowest BCUT2D eigenvalue weighted by atomic mass is 9.91. The molecule has 0 aliphatic rings. The molecule has 0 aliphatic heterocycles. The van der Waals surface area contributed by atoms with Crippen LogP contribution in [0.25, 0.3) is 21.9 Å². The maximum Gasteiger partial charge on any atom is 0.349 e. The lowest BCUT2D eigenvalue weighted by Gasteiger charge is -2.24. The van der Waals surface area contributed by atoms with Gasteiger partial charge < -0.3 is 24.5 Å². The van der Waals surface area contributed by atoms with E-state index < -0.39 is 11.6 Å². The van der Waals surface area contributed by atoms with E-state index in [1.807, 2.05) is 42.5 Å². The summed E-state index contributed by atoms with van der Waals surface area (Å²) in [4.78, 5) is 34.6. The van der Waals surface area contributed by atoms with Crippen LogP contribution in [0.1, 0.15) is 45.0 Å². The van der Waals surface area contributed by atoms with Crippen molar-refractivity contribution in [2.24, 2.45) is 5.92 Å². The molecule has 0 amide bonds. The van der Waals surface area contributed by atoms with E-state index in [4.69, 9.17) is 36.5 Å². The molecule has 2 N–H and O–H groups in total. The minimum absolute atomic E-state index is 0.0103. The Balaban J connectivity index is 1.54. The number of hydrogen-bond acceptors (Lipinski definition) is 8. The van der Waals surface area contributed by atoms with Crippen LogP contribution in [0.15, 0.2) is 48.5 Å². The molecular weight excluding hydrogens is 556 g/mol. The Morgan fingerprint density at radius 2 is 1.90 bits per heavy atom. The first kappa shape index (κ1) is 31.3. The van der Waals surface area contributed by atoms with Gasteiger partial charge in [0.1, 0.15) is 17.1 Å². The second kappa shape index (κ2) is 14.0. The van der Waals surface area contributed by atoms with Crippen molar-refractivity contribution >= 4 is 51.1 Å². The number of fused-ring (bicyclic) bond motifs is 3. The molecule has 0 saturated heterocycles. The number of ether oxygens (including phenoxy) is 3. The Labute approximate surface area is 251 Å². The van der Waals surface area contributed by atoms with Gasteiger partial charge in [-0.15, -0.1) is 11.6 Å². The van der Waals surface area contributed by atoms with E-state index in [0.29, 0.717) is 49.5 Å². The van der Waals surface area contributed by atoms with Crippen LogP contribution in [0.3, 0.4) is 0 Å². The van der Waals surface area contributed by atoms with Crippen molar-refractivity contribution in [2.45, 2.75) is 58.6 Å². The van der Waals surface area contributed by atoms with E-state index in [9.17, 15) is 9.59 Å². The summed E-state index contributed by atoms with van der Waals surface area (Å²) in [6.45, 7) is 6.54. The Kier molecular flexibility index (Phi) is 10.4. The third-order valence-electron chi connectivity index (χ3n) is 7.26. The second-order valence-corrected chi connectivity index (χ2v) is 11.0. The summed E-state index contributed by atoms with van der Waals surface area (Å²) in [5, 5.41) is 0.980. The quantitative estimate of drug-likeness (QED) is 0.141. The van der Waals surface area contributed by atoms with Crippen molar-refractivity contribution < 1.29 is 23.8 Å². The highest BCUT2D eigenvalue weighted by atomic mass is 35.5. The molecule has 4 aromatic rings. The number of ketones is 1. The van der Waals surface area contributed by atoms with Crippen molar-refractivity contribution in [2.75, 3.05) is 31.9 Å². The van der Waals surface area contributed by atoms with Crippen LogP contribution in [0, 0.1) is 5.92 Å². The fraction of sp³-hybridized carbons (Fsp3) is 0.438. The van der Waals surface area contributed by atoms with Crippen molar-refractivity contribution in [3.8, 4) is 5.75 Å². The number of esters is 1. The van der Waals surface area contributed by atoms with E-state index in [-0.39, 0.29) is 24.2 Å². The summed E-state index contributed by atoms with van der Waals surface area (Å²) in [7, 11) is 1.67. The third-order valence-corrected chi connectivity index (χ3v) is 7.52. The summed E-state index contributed by atoms with van der Waals surface area (Å²) in [6, 6.07) is 15.4. The zero-order valence-corrected chi connectivity index (χ0v) is 25.4. The molecule has 224 valence electrons. The van der Waals surface area contributed by atoms with Crippen LogP contribution in [0.4, 0.5) is 5.82 Å². The fourth-order valence-electron chi connectivity index (χ4n) is 5.17. The number of nitrogens with two attached hydrogens (primary N) is 1. The Morgan fingerprint density at radius 3 is 2.64 bits per heavy atom. The molecule has 9 nitrogen and oxygen atoms in total. The molecule has 1 unspecified atom stereocenters. The predicted octanol–water partition coefficient (Wildman–Crippen LogP) is 5.52. The number of pyridine rings is 1. The first-order valence-electron chi connectivity index (χ1n) is 14.2. The average Bonchev–Trinajstić information content (AvgIpc) is 3.34. The first-order valence-corrected chi connectivity index (χ1v) is 14.8. The predicted molar refractivity (Wildman–Crippen MR) is 165 cm³/mol. The minimum Gasteiger partial charge on any atom is -0.476 e. The molecular formula is C32H39ClN4O5. The molecule has 0 fully saturated rings. The minimum atomic E-state index is -1.14. The average molecular weight is 595 g/mol. The molecule has 0 spiro atoms. The standard InChI is InChI=1S/C32H39ClN4O5/c1-5-41-31(39)32(2,3)42-23-12-8-10-21(19-23)18-22(26(38)20-33)11-9-16-37-27(15-17-40-4)36-28-29(37)24-13-6-7-14-25(24)35-30(28)34/h6-8,10,12-14,19,22H,5,9,11,15-18,20H2,1-4H3,(H2,34,35). The molecule has 0 bridgehead atoms. The van der Waals surface area contributed by atoms with Gasteiger partial charge in [0.15, 0.2) is 17.2 Å². The molecule has 0 saturated carbocycles. The lowest BCUT2D eigenvalue weighted by Crippen LogP contribution is -2.39. The number of halogens is 1. The Hall–Kier alpha value is -3.69. The number of alkyl halides is 1. The highest BCUT2D eigenvalue weighted by molar-refractivity contribution is 6.27. The number of anilines is 1. The number of nitrogens with zero attached hydrogens (tertiary/aromatic N) is 3. The van der Waals surface area contributed by atoms with Crippen molar-refractivity contribution in [1.82, 2.24) is 14.5 Å². The van der Waals surface area contributed by atoms with E-state index in [1.165, 1.54) is 0 Å². The zero-order valence-electron chi connectivity index (χ0n) is 24.7. The van der Waals surface area contributed by atoms with Gasteiger partial charge in [-0.1, -0.05) is 30.3 Å². The maximum atomic E-state index is 12.9. The highest BCUT2D eigenvalue weighted by Crippen LogP contribution is 2.30. The lowest BCUT2D eigenvalue weighted by molar-refractivity contribution is -0.158. The molecule has 42 heavy (non-hydrogen) atoms. The van der Waals surface area contributed by atoms with Gasteiger partial charge in [0, 0.05) is 31.4 Å². The third kappa shape index (κ3) is 7.20. The highest BCUT2D eigenvalue weighted by Gasteiger charge is 2.31. The van der Waals surface area contributed by atoms with Gasteiger partial charge in [0.2, 0.25) is 0 Å².